The highest BCUT2D eigenvalue weighted by molar-refractivity contribution is 7.89. The summed E-state index contributed by atoms with van der Waals surface area (Å²) in [4.78, 5) is 12.7. The zero-order valence-electron chi connectivity index (χ0n) is 16.7. The highest BCUT2D eigenvalue weighted by Crippen LogP contribution is 2.32. The maximum atomic E-state index is 13.3. The van der Waals surface area contributed by atoms with E-state index in [2.05, 4.69) is 5.32 Å². The van der Waals surface area contributed by atoms with Crippen molar-refractivity contribution in [1.82, 2.24) is 4.31 Å². The van der Waals surface area contributed by atoms with Gasteiger partial charge < -0.3 is 10.1 Å². The summed E-state index contributed by atoms with van der Waals surface area (Å²) in [5, 5.41) is 3.31. The first-order valence-corrected chi connectivity index (χ1v) is 11.3. The van der Waals surface area contributed by atoms with Crippen molar-refractivity contribution < 1.29 is 17.9 Å². The number of rotatable bonds is 5. The Morgan fingerprint density at radius 3 is 2.31 bits per heavy atom. The van der Waals surface area contributed by atoms with Gasteiger partial charge in [-0.2, -0.15) is 4.31 Å². The highest BCUT2D eigenvalue weighted by Gasteiger charge is 2.34. The molecule has 1 saturated heterocycles. The van der Waals surface area contributed by atoms with Crippen LogP contribution in [0.4, 0.5) is 5.69 Å². The van der Waals surface area contributed by atoms with Crippen LogP contribution in [-0.2, 0) is 10.0 Å². The second-order valence-electron chi connectivity index (χ2n) is 7.59. The SMILES string of the molecule is COc1ccc(C(=O)Nc2ccc(Cl)cc2)cc1S(=O)(=O)N1CC(C)CC(C)C1. The summed E-state index contributed by atoms with van der Waals surface area (Å²) in [5.41, 5.74) is 0.802. The number of sulfonamides is 1. The maximum absolute atomic E-state index is 13.3. The number of carbonyl (C=O) groups is 1. The summed E-state index contributed by atoms with van der Waals surface area (Å²) in [5.74, 6) is 0.359. The van der Waals surface area contributed by atoms with E-state index in [0.29, 0.717) is 23.8 Å². The number of nitrogens with one attached hydrogen (secondary N) is 1. The van der Waals surface area contributed by atoms with E-state index in [1.165, 1.54) is 23.5 Å². The van der Waals surface area contributed by atoms with Crippen LogP contribution < -0.4 is 10.1 Å². The molecule has 1 aliphatic heterocycles. The quantitative estimate of drug-likeness (QED) is 0.759. The van der Waals surface area contributed by atoms with Gasteiger partial charge in [0.05, 0.1) is 7.11 Å². The van der Waals surface area contributed by atoms with E-state index in [1.807, 2.05) is 13.8 Å². The largest absolute Gasteiger partial charge is 0.495 e. The fraction of sp³-hybridized carbons (Fsp3) is 0.381. The number of hydrogen-bond acceptors (Lipinski definition) is 4. The van der Waals surface area contributed by atoms with Crippen molar-refractivity contribution in [2.75, 3.05) is 25.5 Å². The number of benzene rings is 2. The third-order valence-electron chi connectivity index (χ3n) is 4.98. The Hall–Kier alpha value is -2.09. The lowest BCUT2D eigenvalue weighted by Crippen LogP contribution is -2.42. The molecule has 0 aliphatic carbocycles. The molecule has 1 N–H and O–H groups in total. The van der Waals surface area contributed by atoms with Crippen LogP contribution in [0.15, 0.2) is 47.4 Å². The molecule has 156 valence electrons. The predicted molar refractivity (Wildman–Crippen MR) is 114 cm³/mol. The summed E-state index contributed by atoms with van der Waals surface area (Å²) in [6.45, 7) is 5.00. The lowest BCUT2D eigenvalue weighted by Gasteiger charge is -2.34. The summed E-state index contributed by atoms with van der Waals surface area (Å²) in [6, 6.07) is 11.1. The zero-order chi connectivity index (χ0) is 21.2. The van der Waals surface area contributed by atoms with Crippen LogP contribution in [0.1, 0.15) is 30.6 Å². The molecule has 2 aromatic rings. The molecule has 8 heteroatoms. The Balaban J connectivity index is 1.92. The van der Waals surface area contributed by atoms with Crippen LogP contribution in [0.5, 0.6) is 5.75 Å². The lowest BCUT2D eigenvalue weighted by atomic mass is 9.94. The van der Waals surface area contributed by atoms with E-state index in [-0.39, 0.29) is 28.0 Å². The molecule has 2 atom stereocenters. The third-order valence-corrected chi connectivity index (χ3v) is 7.09. The van der Waals surface area contributed by atoms with Crippen LogP contribution in [0.25, 0.3) is 0 Å². The number of anilines is 1. The molecule has 1 fully saturated rings. The van der Waals surface area contributed by atoms with E-state index >= 15 is 0 Å². The first-order chi connectivity index (χ1) is 13.7. The molecular weight excluding hydrogens is 412 g/mol. The normalized spacial score (nSPS) is 20.3. The van der Waals surface area contributed by atoms with Crippen molar-refractivity contribution >= 4 is 33.2 Å². The molecule has 0 saturated carbocycles. The average molecular weight is 437 g/mol. The lowest BCUT2D eigenvalue weighted by molar-refractivity contribution is 0.102. The number of carbonyl (C=O) groups excluding carboxylic acids is 1. The number of nitrogens with zero attached hydrogens (tertiary/aromatic N) is 1. The molecule has 0 radical (unpaired) electrons. The van der Waals surface area contributed by atoms with Gasteiger partial charge in [0, 0.05) is 29.4 Å². The molecular formula is C21H25ClN2O4S. The van der Waals surface area contributed by atoms with Gasteiger partial charge in [-0.15, -0.1) is 0 Å². The molecule has 1 aliphatic rings. The fourth-order valence-corrected chi connectivity index (χ4v) is 5.68. The Morgan fingerprint density at radius 1 is 1.10 bits per heavy atom. The highest BCUT2D eigenvalue weighted by atomic mass is 35.5. The van der Waals surface area contributed by atoms with Crippen molar-refractivity contribution in [1.29, 1.82) is 0 Å². The van der Waals surface area contributed by atoms with E-state index in [4.69, 9.17) is 16.3 Å². The van der Waals surface area contributed by atoms with E-state index in [9.17, 15) is 13.2 Å². The maximum Gasteiger partial charge on any atom is 0.255 e. The van der Waals surface area contributed by atoms with Crippen molar-refractivity contribution in [3.05, 3.63) is 53.1 Å². The number of piperidine rings is 1. The van der Waals surface area contributed by atoms with Crippen LogP contribution in [0.3, 0.4) is 0 Å². The van der Waals surface area contributed by atoms with Gasteiger partial charge in [0.1, 0.15) is 10.6 Å². The molecule has 1 heterocycles. The summed E-state index contributed by atoms with van der Waals surface area (Å²) in [7, 11) is -2.37. The van der Waals surface area contributed by atoms with E-state index in [1.54, 1.807) is 30.3 Å². The Morgan fingerprint density at radius 2 is 1.72 bits per heavy atom. The smallest absolute Gasteiger partial charge is 0.255 e. The topological polar surface area (TPSA) is 75.7 Å². The van der Waals surface area contributed by atoms with Gasteiger partial charge in [-0.3, -0.25) is 4.79 Å². The Bertz CT molecular complexity index is 982. The van der Waals surface area contributed by atoms with Gasteiger partial charge in [-0.05, 0) is 60.7 Å². The standard InChI is InChI=1S/C21H25ClN2O4S/c1-14-10-15(2)13-24(12-14)29(26,27)20-11-16(4-9-19(20)28-3)21(25)23-18-7-5-17(22)6-8-18/h4-9,11,14-15H,10,12-13H2,1-3H3,(H,23,25). The number of ether oxygens (including phenoxy) is 1. The van der Waals surface area contributed by atoms with Gasteiger partial charge in [0.2, 0.25) is 10.0 Å². The molecule has 2 unspecified atom stereocenters. The number of methoxy groups -OCH3 is 1. The monoisotopic (exact) mass is 436 g/mol. The summed E-state index contributed by atoms with van der Waals surface area (Å²) in [6.07, 6.45) is 0.993. The minimum absolute atomic E-state index is 0.00468. The molecule has 0 aromatic heterocycles. The average Bonchev–Trinajstić information content (AvgIpc) is 2.68. The fourth-order valence-electron chi connectivity index (χ4n) is 3.70. The van der Waals surface area contributed by atoms with Crippen LogP contribution in [0, 0.1) is 11.8 Å². The van der Waals surface area contributed by atoms with Gasteiger partial charge in [0.15, 0.2) is 0 Å². The molecule has 29 heavy (non-hydrogen) atoms. The minimum atomic E-state index is -3.79. The van der Waals surface area contributed by atoms with E-state index < -0.39 is 15.9 Å². The van der Waals surface area contributed by atoms with Gasteiger partial charge in [-0.25, -0.2) is 8.42 Å². The first kappa shape index (κ1) is 21.6. The van der Waals surface area contributed by atoms with Crippen molar-refractivity contribution in [3.63, 3.8) is 0 Å². The number of amides is 1. The second kappa shape index (κ2) is 8.73. The number of hydrogen-bond donors (Lipinski definition) is 1. The molecule has 0 bridgehead atoms. The van der Waals surface area contributed by atoms with Crippen LogP contribution in [-0.4, -0.2) is 38.8 Å². The predicted octanol–water partition coefficient (Wildman–Crippen LogP) is 4.27. The molecule has 3 rings (SSSR count). The van der Waals surface area contributed by atoms with Crippen molar-refractivity contribution in [2.24, 2.45) is 11.8 Å². The third kappa shape index (κ3) is 4.91. The van der Waals surface area contributed by atoms with Crippen LogP contribution >= 0.6 is 11.6 Å². The Kier molecular flexibility index (Phi) is 6.51. The molecule has 6 nitrogen and oxygen atoms in total. The molecule has 1 amide bonds. The van der Waals surface area contributed by atoms with Crippen molar-refractivity contribution in [2.45, 2.75) is 25.2 Å². The van der Waals surface area contributed by atoms with Gasteiger partial charge >= 0.3 is 0 Å². The number of halogens is 1. The van der Waals surface area contributed by atoms with Crippen LogP contribution in [0.2, 0.25) is 5.02 Å². The van der Waals surface area contributed by atoms with E-state index in [0.717, 1.165) is 6.42 Å². The molecule has 0 spiro atoms. The summed E-state index contributed by atoms with van der Waals surface area (Å²) >= 11 is 5.87. The van der Waals surface area contributed by atoms with Gasteiger partial charge in [0.25, 0.3) is 5.91 Å². The first-order valence-electron chi connectivity index (χ1n) is 9.46. The zero-order valence-corrected chi connectivity index (χ0v) is 18.3. The van der Waals surface area contributed by atoms with Crippen molar-refractivity contribution in [3.8, 4) is 5.75 Å². The second-order valence-corrected chi connectivity index (χ2v) is 9.94. The molecule has 2 aromatic carbocycles. The summed E-state index contributed by atoms with van der Waals surface area (Å²) < 4.78 is 33.4. The minimum Gasteiger partial charge on any atom is -0.495 e. The van der Waals surface area contributed by atoms with Gasteiger partial charge in [-0.1, -0.05) is 25.4 Å². The Labute approximate surface area is 176 Å².